The summed E-state index contributed by atoms with van der Waals surface area (Å²) < 4.78 is 5.38. The van der Waals surface area contributed by atoms with E-state index in [1.807, 2.05) is 30.3 Å². The van der Waals surface area contributed by atoms with Gasteiger partial charge in [-0.3, -0.25) is 9.69 Å². The van der Waals surface area contributed by atoms with E-state index in [4.69, 9.17) is 4.42 Å². The van der Waals surface area contributed by atoms with Gasteiger partial charge in [-0.15, -0.1) is 10.2 Å². The average molecular weight is 458 g/mol. The first kappa shape index (κ1) is 22.3. The zero-order chi connectivity index (χ0) is 23.2. The number of nitrogens with zero attached hydrogens (tertiary/aromatic N) is 5. The number of amides is 1. The van der Waals surface area contributed by atoms with Gasteiger partial charge in [0.2, 0.25) is 5.91 Å². The molecule has 2 fully saturated rings. The van der Waals surface area contributed by atoms with E-state index < -0.39 is 0 Å². The Bertz CT molecular complexity index is 1070. The largest absolute Gasteiger partial charge is 0.463 e. The maximum absolute atomic E-state index is 13.1. The molecule has 176 valence electrons. The Morgan fingerprint density at radius 3 is 2.38 bits per heavy atom. The highest BCUT2D eigenvalue weighted by Gasteiger charge is 2.30. The quantitative estimate of drug-likeness (QED) is 0.561. The third-order valence-corrected chi connectivity index (χ3v) is 6.75. The summed E-state index contributed by atoms with van der Waals surface area (Å²) in [4.78, 5) is 19.8. The second-order valence-electron chi connectivity index (χ2n) is 8.95. The first-order valence-electron chi connectivity index (χ1n) is 12.1. The maximum atomic E-state index is 13.1. The Kier molecular flexibility index (Phi) is 7.00. The number of piperidine rings is 1. The molecule has 0 radical (unpaired) electrons. The topological polar surface area (TPSA) is 65.7 Å². The summed E-state index contributed by atoms with van der Waals surface area (Å²) in [5.41, 5.74) is 1.95. The first-order chi connectivity index (χ1) is 16.8. The van der Waals surface area contributed by atoms with Crippen molar-refractivity contribution in [2.24, 2.45) is 5.92 Å². The Balaban J connectivity index is 1.06. The van der Waals surface area contributed by atoms with Crippen LogP contribution in [0.2, 0.25) is 0 Å². The molecule has 2 aromatic heterocycles. The van der Waals surface area contributed by atoms with Gasteiger partial charge >= 0.3 is 0 Å². The molecule has 5 rings (SSSR count). The second-order valence-corrected chi connectivity index (χ2v) is 8.95. The first-order valence-corrected chi connectivity index (χ1v) is 12.1. The van der Waals surface area contributed by atoms with Crippen molar-refractivity contribution in [3.63, 3.8) is 0 Å². The van der Waals surface area contributed by atoms with E-state index in [0.29, 0.717) is 5.91 Å². The fourth-order valence-electron chi connectivity index (χ4n) is 4.72. The lowest BCUT2D eigenvalue weighted by Crippen LogP contribution is -2.51. The molecule has 0 aliphatic carbocycles. The summed E-state index contributed by atoms with van der Waals surface area (Å²) >= 11 is 0. The smallest absolute Gasteiger partial charge is 0.225 e. The summed E-state index contributed by atoms with van der Waals surface area (Å²) in [7, 11) is 0. The van der Waals surface area contributed by atoms with Crippen molar-refractivity contribution in [1.82, 2.24) is 20.0 Å². The molecule has 0 spiro atoms. The lowest BCUT2D eigenvalue weighted by molar-refractivity contribution is -0.137. The molecule has 3 aromatic rings. The van der Waals surface area contributed by atoms with Crippen LogP contribution in [-0.4, -0.2) is 71.7 Å². The summed E-state index contributed by atoms with van der Waals surface area (Å²) in [6, 6.07) is 18.0. The van der Waals surface area contributed by atoms with E-state index in [-0.39, 0.29) is 5.92 Å². The third-order valence-electron chi connectivity index (χ3n) is 6.75. The number of carbonyl (C=O) groups is 1. The molecule has 7 heteroatoms. The fraction of sp³-hybridized carbons (Fsp3) is 0.370. The number of furan rings is 1. The summed E-state index contributed by atoms with van der Waals surface area (Å²) in [6.07, 6.45) is 7.74. The average Bonchev–Trinajstić information content (AvgIpc) is 3.45. The summed E-state index contributed by atoms with van der Waals surface area (Å²) in [6.45, 7) is 6.08. The normalized spacial score (nSPS) is 18.0. The van der Waals surface area contributed by atoms with Crippen LogP contribution < -0.4 is 4.90 Å². The molecule has 0 unspecified atom stereocenters. The molecule has 0 saturated carbocycles. The second kappa shape index (κ2) is 10.7. The van der Waals surface area contributed by atoms with E-state index in [1.54, 1.807) is 6.26 Å². The molecule has 1 amide bonds. The van der Waals surface area contributed by atoms with Crippen LogP contribution in [0, 0.1) is 5.92 Å². The molecule has 1 aromatic carbocycles. The number of benzene rings is 1. The van der Waals surface area contributed by atoms with Gasteiger partial charge in [0.05, 0.1) is 6.26 Å². The van der Waals surface area contributed by atoms with Crippen molar-refractivity contribution in [2.45, 2.75) is 12.8 Å². The van der Waals surface area contributed by atoms with Crippen LogP contribution in [0.25, 0.3) is 17.5 Å². The molecule has 2 aliphatic heterocycles. The fourth-order valence-corrected chi connectivity index (χ4v) is 4.72. The molecule has 2 aliphatic rings. The van der Waals surface area contributed by atoms with Gasteiger partial charge < -0.3 is 14.2 Å². The van der Waals surface area contributed by atoms with Crippen LogP contribution in [0.5, 0.6) is 0 Å². The summed E-state index contributed by atoms with van der Waals surface area (Å²) in [5, 5.41) is 8.68. The van der Waals surface area contributed by atoms with Gasteiger partial charge in [-0.2, -0.15) is 0 Å². The van der Waals surface area contributed by atoms with Gasteiger partial charge in [0.25, 0.3) is 0 Å². The number of anilines is 1. The van der Waals surface area contributed by atoms with Gasteiger partial charge in [0.1, 0.15) is 5.69 Å². The van der Waals surface area contributed by atoms with E-state index >= 15 is 0 Å². The van der Waals surface area contributed by atoms with Gasteiger partial charge in [0.15, 0.2) is 11.6 Å². The highest BCUT2D eigenvalue weighted by atomic mass is 16.3. The van der Waals surface area contributed by atoms with Crippen LogP contribution >= 0.6 is 0 Å². The van der Waals surface area contributed by atoms with E-state index in [1.165, 1.54) is 5.56 Å². The zero-order valence-electron chi connectivity index (χ0n) is 19.4. The number of carbonyl (C=O) groups excluding carboxylic acids is 1. The van der Waals surface area contributed by atoms with Crippen LogP contribution in [0.15, 0.2) is 71.4 Å². The monoisotopic (exact) mass is 457 g/mol. The van der Waals surface area contributed by atoms with Gasteiger partial charge in [-0.05, 0) is 42.7 Å². The molecule has 0 N–H and O–H groups in total. The van der Waals surface area contributed by atoms with Crippen molar-refractivity contribution in [2.75, 3.05) is 50.7 Å². The van der Waals surface area contributed by atoms with Crippen molar-refractivity contribution in [3.05, 3.63) is 72.5 Å². The molecule has 0 atom stereocenters. The van der Waals surface area contributed by atoms with Crippen LogP contribution in [0.1, 0.15) is 18.4 Å². The van der Waals surface area contributed by atoms with Crippen LogP contribution in [-0.2, 0) is 4.79 Å². The summed E-state index contributed by atoms with van der Waals surface area (Å²) in [5.74, 6) is 2.00. The van der Waals surface area contributed by atoms with E-state index in [0.717, 1.165) is 75.9 Å². The van der Waals surface area contributed by atoms with Crippen LogP contribution in [0.4, 0.5) is 5.82 Å². The number of rotatable bonds is 6. The highest BCUT2D eigenvalue weighted by molar-refractivity contribution is 5.79. The van der Waals surface area contributed by atoms with Crippen molar-refractivity contribution in [1.29, 1.82) is 0 Å². The minimum Gasteiger partial charge on any atom is -0.463 e. The highest BCUT2D eigenvalue weighted by Crippen LogP contribution is 2.25. The minimum atomic E-state index is 0.108. The Morgan fingerprint density at radius 1 is 0.912 bits per heavy atom. The molecular formula is C27H31N5O2. The van der Waals surface area contributed by atoms with E-state index in [2.05, 4.69) is 61.3 Å². The van der Waals surface area contributed by atoms with Crippen LogP contribution in [0.3, 0.4) is 0 Å². The molecule has 7 nitrogen and oxygen atoms in total. The van der Waals surface area contributed by atoms with Crippen molar-refractivity contribution < 1.29 is 9.21 Å². The predicted octanol–water partition coefficient (Wildman–Crippen LogP) is 3.81. The molecular weight excluding hydrogens is 426 g/mol. The molecule has 34 heavy (non-hydrogen) atoms. The SMILES string of the molecule is O=C(C1CCN(c2ccc(-c3ccco3)nn2)CC1)N1CCN(C/C=C/c2ccccc2)CC1. The Morgan fingerprint density at radius 2 is 1.71 bits per heavy atom. The van der Waals surface area contributed by atoms with Crippen molar-refractivity contribution >= 4 is 17.8 Å². The lowest BCUT2D eigenvalue weighted by Gasteiger charge is -2.38. The molecule has 4 heterocycles. The molecule has 2 saturated heterocycles. The van der Waals surface area contributed by atoms with Gasteiger partial charge in [-0.25, -0.2) is 0 Å². The number of hydrogen-bond acceptors (Lipinski definition) is 6. The van der Waals surface area contributed by atoms with E-state index in [9.17, 15) is 4.79 Å². The third kappa shape index (κ3) is 5.37. The number of aromatic nitrogens is 2. The number of hydrogen-bond donors (Lipinski definition) is 0. The van der Waals surface area contributed by atoms with Gasteiger partial charge in [0, 0.05) is 51.7 Å². The Labute approximate surface area is 200 Å². The predicted molar refractivity (Wildman–Crippen MR) is 133 cm³/mol. The molecule has 0 bridgehead atoms. The Hall–Kier alpha value is -3.45. The lowest BCUT2D eigenvalue weighted by atomic mass is 9.95. The zero-order valence-corrected chi connectivity index (χ0v) is 19.4. The standard InChI is InChI=1S/C27H31N5O2/c33-27(32-19-17-30(18-20-32)14-4-8-22-6-2-1-3-7-22)23-12-15-31(16-13-23)26-11-10-24(28-29-26)25-9-5-21-34-25/h1-11,21,23H,12-20H2/b8-4+. The maximum Gasteiger partial charge on any atom is 0.225 e. The van der Waals surface area contributed by atoms with Crippen molar-refractivity contribution in [3.8, 4) is 11.5 Å². The minimum absolute atomic E-state index is 0.108. The van der Waals surface area contributed by atoms with Gasteiger partial charge in [-0.1, -0.05) is 42.5 Å². The number of piperazine rings is 1.